The Labute approximate surface area is 145 Å². The molecule has 0 radical (unpaired) electrons. The van der Waals surface area contributed by atoms with Crippen molar-refractivity contribution < 1.29 is 4.79 Å². The quantitative estimate of drug-likeness (QED) is 0.843. The minimum absolute atomic E-state index is 0.119. The predicted molar refractivity (Wildman–Crippen MR) is 97.3 cm³/mol. The van der Waals surface area contributed by atoms with E-state index in [-0.39, 0.29) is 11.8 Å². The molecule has 1 saturated heterocycles. The summed E-state index contributed by atoms with van der Waals surface area (Å²) in [6.07, 6.45) is 7.25. The molecule has 0 unspecified atom stereocenters. The van der Waals surface area contributed by atoms with E-state index in [0.717, 1.165) is 25.8 Å². The van der Waals surface area contributed by atoms with Crippen LogP contribution >= 0.6 is 0 Å². The fourth-order valence-corrected chi connectivity index (χ4v) is 4.12. The number of nitrogens with zero attached hydrogens (tertiary/aromatic N) is 1. The van der Waals surface area contributed by atoms with Gasteiger partial charge in [0.15, 0.2) is 0 Å². The number of benzene rings is 1. The molecule has 2 aliphatic rings. The van der Waals surface area contributed by atoms with Crippen LogP contribution in [-0.2, 0) is 17.9 Å². The Morgan fingerprint density at radius 1 is 1.04 bits per heavy atom. The molecule has 3 N–H and O–H groups in total. The van der Waals surface area contributed by atoms with Crippen molar-refractivity contribution in [1.82, 2.24) is 10.2 Å². The minimum atomic E-state index is 0.119. The Balaban J connectivity index is 1.46. The lowest BCUT2D eigenvalue weighted by atomic mass is 9.95. The third kappa shape index (κ3) is 4.58. The zero-order chi connectivity index (χ0) is 16.8. The van der Waals surface area contributed by atoms with Crippen molar-refractivity contribution >= 4 is 5.91 Å². The molecular formula is C20H31N3O. The van der Waals surface area contributed by atoms with Gasteiger partial charge in [0.2, 0.25) is 5.91 Å². The lowest BCUT2D eigenvalue weighted by Crippen LogP contribution is -2.34. The van der Waals surface area contributed by atoms with Crippen molar-refractivity contribution in [1.29, 1.82) is 0 Å². The second kappa shape index (κ2) is 8.63. The summed E-state index contributed by atoms with van der Waals surface area (Å²) in [5.74, 6) is 0.672. The highest BCUT2D eigenvalue weighted by Crippen LogP contribution is 2.31. The van der Waals surface area contributed by atoms with Crippen LogP contribution in [0, 0.1) is 11.8 Å². The van der Waals surface area contributed by atoms with E-state index in [4.69, 9.17) is 5.73 Å². The molecule has 132 valence electrons. The van der Waals surface area contributed by atoms with Gasteiger partial charge in [-0.25, -0.2) is 0 Å². The summed E-state index contributed by atoms with van der Waals surface area (Å²) in [5, 5.41) is 3.10. The third-order valence-corrected chi connectivity index (χ3v) is 5.64. The molecule has 1 saturated carbocycles. The van der Waals surface area contributed by atoms with Gasteiger partial charge in [-0.3, -0.25) is 9.69 Å². The summed E-state index contributed by atoms with van der Waals surface area (Å²) in [5.41, 5.74) is 8.32. The highest BCUT2D eigenvalue weighted by Gasteiger charge is 2.31. The molecule has 1 aliphatic carbocycles. The third-order valence-electron chi connectivity index (χ3n) is 5.64. The standard InChI is InChI=1S/C20H31N3O/c21-13-18-5-4-6-19(18)20(24)22-14-16-7-9-17(10-8-16)15-23-11-2-1-3-12-23/h7-10,18-19H,1-6,11-15,21H2,(H,22,24)/t18-,19-/m1/s1. The minimum Gasteiger partial charge on any atom is -0.352 e. The maximum absolute atomic E-state index is 12.3. The molecule has 0 spiro atoms. The molecule has 3 rings (SSSR count). The van der Waals surface area contributed by atoms with Crippen LogP contribution in [0.5, 0.6) is 0 Å². The van der Waals surface area contributed by atoms with Gasteiger partial charge in [0.05, 0.1) is 0 Å². The number of likely N-dealkylation sites (tertiary alicyclic amines) is 1. The number of amides is 1. The lowest BCUT2D eigenvalue weighted by molar-refractivity contribution is -0.126. The Morgan fingerprint density at radius 2 is 1.75 bits per heavy atom. The molecule has 4 nitrogen and oxygen atoms in total. The molecule has 2 fully saturated rings. The topological polar surface area (TPSA) is 58.4 Å². The van der Waals surface area contributed by atoms with Gasteiger partial charge in [0.1, 0.15) is 0 Å². The lowest BCUT2D eigenvalue weighted by Gasteiger charge is -2.26. The summed E-state index contributed by atoms with van der Waals surface area (Å²) in [4.78, 5) is 14.9. The molecule has 1 aromatic carbocycles. The molecule has 2 atom stereocenters. The average molecular weight is 329 g/mol. The van der Waals surface area contributed by atoms with Gasteiger partial charge in [-0.15, -0.1) is 0 Å². The van der Waals surface area contributed by atoms with Gasteiger partial charge in [-0.1, -0.05) is 37.1 Å². The molecule has 0 bridgehead atoms. The number of carbonyl (C=O) groups excluding carboxylic acids is 1. The molecule has 24 heavy (non-hydrogen) atoms. The Bertz CT molecular complexity index is 522. The maximum atomic E-state index is 12.3. The van der Waals surface area contributed by atoms with Crippen molar-refractivity contribution in [2.45, 2.75) is 51.6 Å². The van der Waals surface area contributed by atoms with Crippen LogP contribution in [0.4, 0.5) is 0 Å². The molecule has 4 heteroatoms. The van der Waals surface area contributed by atoms with Crippen molar-refractivity contribution in [3.63, 3.8) is 0 Å². The van der Waals surface area contributed by atoms with E-state index < -0.39 is 0 Å². The fraction of sp³-hybridized carbons (Fsp3) is 0.650. The van der Waals surface area contributed by atoms with E-state index in [0.29, 0.717) is 19.0 Å². The van der Waals surface area contributed by atoms with E-state index in [1.54, 1.807) is 0 Å². The first-order chi connectivity index (χ1) is 11.8. The molecule has 1 aliphatic heterocycles. The van der Waals surface area contributed by atoms with E-state index in [1.165, 1.54) is 43.5 Å². The van der Waals surface area contributed by atoms with Crippen LogP contribution in [0.2, 0.25) is 0 Å². The van der Waals surface area contributed by atoms with Crippen LogP contribution in [0.15, 0.2) is 24.3 Å². The molecule has 1 aromatic rings. The second-order valence-electron chi connectivity index (χ2n) is 7.40. The summed E-state index contributed by atoms with van der Waals surface area (Å²) in [6, 6.07) is 8.70. The fourth-order valence-electron chi connectivity index (χ4n) is 4.12. The summed E-state index contributed by atoms with van der Waals surface area (Å²) >= 11 is 0. The highest BCUT2D eigenvalue weighted by atomic mass is 16.1. The number of hydrogen-bond donors (Lipinski definition) is 2. The Kier molecular flexibility index (Phi) is 6.27. The molecule has 1 amide bonds. The summed E-state index contributed by atoms with van der Waals surface area (Å²) in [6.45, 7) is 4.75. The first-order valence-corrected chi connectivity index (χ1v) is 9.54. The van der Waals surface area contributed by atoms with E-state index >= 15 is 0 Å². The van der Waals surface area contributed by atoms with Crippen molar-refractivity contribution in [2.75, 3.05) is 19.6 Å². The van der Waals surface area contributed by atoms with Gasteiger partial charge < -0.3 is 11.1 Å². The van der Waals surface area contributed by atoms with Crippen molar-refractivity contribution in [2.24, 2.45) is 17.6 Å². The summed E-state index contributed by atoms with van der Waals surface area (Å²) in [7, 11) is 0. The number of piperidine rings is 1. The molecular weight excluding hydrogens is 298 g/mol. The number of rotatable bonds is 6. The van der Waals surface area contributed by atoms with E-state index in [9.17, 15) is 4.79 Å². The van der Waals surface area contributed by atoms with Crippen LogP contribution in [0.25, 0.3) is 0 Å². The van der Waals surface area contributed by atoms with Crippen LogP contribution in [-0.4, -0.2) is 30.4 Å². The van der Waals surface area contributed by atoms with E-state index in [1.807, 2.05) is 0 Å². The first kappa shape index (κ1) is 17.4. The van der Waals surface area contributed by atoms with Gasteiger partial charge >= 0.3 is 0 Å². The predicted octanol–water partition coefficient (Wildman–Crippen LogP) is 2.66. The smallest absolute Gasteiger partial charge is 0.223 e. The Hall–Kier alpha value is -1.39. The van der Waals surface area contributed by atoms with Crippen LogP contribution in [0.3, 0.4) is 0 Å². The molecule has 0 aromatic heterocycles. The van der Waals surface area contributed by atoms with Gasteiger partial charge in [0.25, 0.3) is 0 Å². The van der Waals surface area contributed by atoms with Crippen molar-refractivity contribution in [3.05, 3.63) is 35.4 Å². The average Bonchev–Trinajstić information content (AvgIpc) is 3.10. The SMILES string of the molecule is NC[C@H]1CCC[C@H]1C(=O)NCc1ccc(CN2CCCCC2)cc1. The van der Waals surface area contributed by atoms with Gasteiger partial charge in [-0.2, -0.15) is 0 Å². The zero-order valence-electron chi connectivity index (χ0n) is 14.7. The number of nitrogens with two attached hydrogens (primary N) is 1. The number of nitrogens with one attached hydrogen (secondary N) is 1. The van der Waals surface area contributed by atoms with Crippen LogP contribution < -0.4 is 11.1 Å². The van der Waals surface area contributed by atoms with Gasteiger partial charge in [-0.05, 0) is 62.4 Å². The molecule has 1 heterocycles. The zero-order valence-corrected chi connectivity index (χ0v) is 14.7. The Morgan fingerprint density at radius 3 is 2.46 bits per heavy atom. The normalized spacial score (nSPS) is 24.9. The van der Waals surface area contributed by atoms with Crippen LogP contribution in [0.1, 0.15) is 49.7 Å². The number of carbonyl (C=O) groups is 1. The monoisotopic (exact) mass is 329 g/mol. The first-order valence-electron chi connectivity index (χ1n) is 9.54. The largest absolute Gasteiger partial charge is 0.352 e. The second-order valence-corrected chi connectivity index (χ2v) is 7.40. The maximum Gasteiger partial charge on any atom is 0.223 e. The number of hydrogen-bond acceptors (Lipinski definition) is 3. The van der Waals surface area contributed by atoms with Crippen molar-refractivity contribution in [3.8, 4) is 0 Å². The highest BCUT2D eigenvalue weighted by molar-refractivity contribution is 5.79. The summed E-state index contributed by atoms with van der Waals surface area (Å²) < 4.78 is 0. The van der Waals surface area contributed by atoms with E-state index in [2.05, 4.69) is 34.5 Å². The van der Waals surface area contributed by atoms with Gasteiger partial charge in [0, 0.05) is 19.0 Å².